The number of nitrogens with two attached hydrogens (primary N) is 2. The highest BCUT2D eigenvalue weighted by Gasteiger charge is 2.27. The topological polar surface area (TPSA) is 105 Å². The van der Waals surface area contributed by atoms with Gasteiger partial charge in [0.25, 0.3) is 0 Å². The first-order valence-corrected chi connectivity index (χ1v) is 12.7. The molecule has 3 rings (SSSR count). The van der Waals surface area contributed by atoms with Gasteiger partial charge in [-0.2, -0.15) is 0 Å². The van der Waals surface area contributed by atoms with Crippen molar-refractivity contribution in [3.63, 3.8) is 0 Å². The molecule has 1 aliphatic rings. The van der Waals surface area contributed by atoms with Crippen LogP contribution in [0.5, 0.6) is 5.75 Å². The van der Waals surface area contributed by atoms with Gasteiger partial charge in [0.2, 0.25) is 0 Å². The van der Waals surface area contributed by atoms with Crippen LogP contribution < -0.4 is 16.2 Å². The van der Waals surface area contributed by atoms with Gasteiger partial charge in [0.15, 0.2) is 0 Å². The molecule has 6 nitrogen and oxygen atoms in total. The van der Waals surface area contributed by atoms with Gasteiger partial charge < -0.3 is 20.9 Å². The number of benzene rings is 2. The third kappa shape index (κ3) is 8.78. The standard InChI is InChI=1S/C29H38N2O4/c1-2-3-4-5-21-6-11-23(12-7-21)29(33)35-26-14-8-22(9-15-26)10-17-28(32)34-19-18-24-20-25(30)13-16-27(24)31/h8-10,13-17,20-21,23H,2-7,11-12,18-19,30-31H2,1H3/b17-10+. The van der Waals surface area contributed by atoms with Crippen LogP contribution in [0.3, 0.4) is 0 Å². The predicted octanol–water partition coefficient (Wildman–Crippen LogP) is 5.94. The van der Waals surface area contributed by atoms with Gasteiger partial charge in [0.1, 0.15) is 5.75 Å². The molecule has 2 aromatic rings. The Labute approximate surface area is 208 Å². The smallest absolute Gasteiger partial charge is 0.330 e. The minimum atomic E-state index is -0.437. The molecule has 0 bridgehead atoms. The summed E-state index contributed by atoms with van der Waals surface area (Å²) in [7, 11) is 0. The number of esters is 2. The number of hydrogen-bond acceptors (Lipinski definition) is 6. The second-order valence-corrected chi connectivity index (χ2v) is 9.41. The van der Waals surface area contributed by atoms with E-state index in [1.54, 1.807) is 36.4 Å². The molecule has 0 unspecified atom stereocenters. The molecular formula is C29H38N2O4. The van der Waals surface area contributed by atoms with E-state index < -0.39 is 5.97 Å². The fraction of sp³-hybridized carbons (Fsp3) is 0.448. The summed E-state index contributed by atoms with van der Waals surface area (Å²) < 4.78 is 10.9. The van der Waals surface area contributed by atoms with Crippen molar-refractivity contribution < 1.29 is 19.1 Å². The number of unbranched alkanes of at least 4 members (excludes halogenated alkanes) is 2. The second-order valence-electron chi connectivity index (χ2n) is 9.41. The summed E-state index contributed by atoms with van der Waals surface area (Å²) in [4.78, 5) is 24.6. The summed E-state index contributed by atoms with van der Waals surface area (Å²) in [5.74, 6) is 0.713. The first-order valence-electron chi connectivity index (χ1n) is 12.7. The summed E-state index contributed by atoms with van der Waals surface area (Å²) >= 11 is 0. The molecule has 35 heavy (non-hydrogen) atoms. The maximum Gasteiger partial charge on any atom is 0.330 e. The van der Waals surface area contributed by atoms with Gasteiger partial charge in [-0.05, 0) is 79.1 Å². The Balaban J connectivity index is 1.38. The van der Waals surface area contributed by atoms with Crippen LogP contribution in [0.25, 0.3) is 6.08 Å². The molecular weight excluding hydrogens is 440 g/mol. The molecule has 0 aromatic heterocycles. The number of nitrogen functional groups attached to an aromatic ring is 2. The van der Waals surface area contributed by atoms with E-state index in [-0.39, 0.29) is 18.5 Å². The fourth-order valence-corrected chi connectivity index (χ4v) is 4.53. The lowest BCUT2D eigenvalue weighted by Gasteiger charge is -2.27. The van der Waals surface area contributed by atoms with E-state index in [1.807, 2.05) is 12.1 Å². The zero-order valence-electron chi connectivity index (χ0n) is 20.7. The van der Waals surface area contributed by atoms with Crippen molar-refractivity contribution in [1.29, 1.82) is 0 Å². The lowest BCUT2D eigenvalue weighted by molar-refractivity contribution is -0.140. The number of anilines is 2. The van der Waals surface area contributed by atoms with Gasteiger partial charge in [-0.25, -0.2) is 4.79 Å². The van der Waals surface area contributed by atoms with Crippen molar-refractivity contribution in [2.45, 2.75) is 64.7 Å². The maximum atomic E-state index is 12.6. The van der Waals surface area contributed by atoms with E-state index in [4.69, 9.17) is 20.9 Å². The van der Waals surface area contributed by atoms with E-state index in [1.165, 1.54) is 31.8 Å². The molecule has 188 valence electrons. The molecule has 1 aliphatic carbocycles. The van der Waals surface area contributed by atoms with Crippen LogP contribution in [0.1, 0.15) is 69.4 Å². The second kappa shape index (κ2) is 13.6. The molecule has 6 heteroatoms. The molecule has 0 radical (unpaired) electrons. The van der Waals surface area contributed by atoms with Crippen molar-refractivity contribution >= 4 is 29.4 Å². The summed E-state index contributed by atoms with van der Waals surface area (Å²) in [5, 5.41) is 0. The van der Waals surface area contributed by atoms with Crippen molar-refractivity contribution in [3.05, 3.63) is 59.7 Å². The number of rotatable bonds is 11. The number of hydrogen-bond donors (Lipinski definition) is 2. The van der Waals surface area contributed by atoms with Gasteiger partial charge in [-0.15, -0.1) is 0 Å². The molecule has 1 fully saturated rings. The van der Waals surface area contributed by atoms with Crippen LogP contribution >= 0.6 is 0 Å². The minimum Gasteiger partial charge on any atom is -0.462 e. The average Bonchev–Trinajstić information content (AvgIpc) is 2.86. The zero-order valence-corrected chi connectivity index (χ0v) is 20.7. The molecule has 0 atom stereocenters. The van der Waals surface area contributed by atoms with E-state index >= 15 is 0 Å². The molecule has 0 saturated heterocycles. The van der Waals surface area contributed by atoms with Crippen LogP contribution in [0.2, 0.25) is 0 Å². The highest BCUT2D eigenvalue weighted by Crippen LogP contribution is 2.33. The first kappa shape index (κ1) is 26.3. The quantitative estimate of drug-likeness (QED) is 0.136. The van der Waals surface area contributed by atoms with E-state index in [0.29, 0.717) is 23.5 Å². The SMILES string of the molecule is CCCCCC1CCC(C(=O)Oc2ccc(/C=C/C(=O)OCCc3cc(N)ccc3N)cc2)CC1. The Morgan fingerprint density at radius 1 is 1.00 bits per heavy atom. The Hall–Kier alpha value is -3.28. The molecule has 0 heterocycles. The van der Waals surface area contributed by atoms with Crippen molar-refractivity contribution in [2.24, 2.45) is 11.8 Å². The molecule has 0 aliphatic heterocycles. The summed E-state index contributed by atoms with van der Waals surface area (Å²) in [5.41, 5.74) is 14.6. The van der Waals surface area contributed by atoms with Gasteiger partial charge in [0.05, 0.1) is 12.5 Å². The Morgan fingerprint density at radius 3 is 2.46 bits per heavy atom. The maximum absolute atomic E-state index is 12.6. The third-order valence-corrected chi connectivity index (χ3v) is 6.69. The summed E-state index contributed by atoms with van der Waals surface area (Å²) in [6.07, 6.45) is 12.8. The largest absolute Gasteiger partial charge is 0.462 e. The fourth-order valence-electron chi connectivity index (χ4n) is 4.53. The Kier molecular flexibility index (Phi) is 10.2. The third-order valence-electron chi connectivity index (χ3n) is 6.69. The van der Waals surface area contributed by atoms with Gasteiger partial charge in [0, 0.05) is 23.9 Å². The van der Waals surface area contributed by atoms with E-state index in [9.17, 15) is 9.59 Å². The number of carbonyl (C=O) groups is 2. The first-order chi connectivity index (χ1) is 16.9. The van der Waals surface area contributed by atoms with E-state index in [0.717, 1.165) is 42.7 Å². The van der Waals surface area contributed by atoms with Crippen molar-refractivity contribution in [2.75, 3.05) is 18.1 Å². The molecule has 2 aromatic carbocycles. The molecule has 0 amide bonds. The minimum absolute atomic E-state index is 0.00514. The molecule has 4 N–H and O–H groups in total. The highest BCUT2D eigenvalue weighted by atomic mass is 16.5. The van der Waals surface area contributed by atoms with E-state index in [2.05, 4.69) is 6.92 Å². The predicted molar refractivity (Wildman–Crippen MR) is 141 cm³/mol. The lowest BCUT2D eigenvalue weighted by atomic mass is 9.80. The summed E-state index contributed by atoms with van der Waals surface area (Å²) in [6, 6.07) is 12.4. The van der Waals surface area contributed by atoms with Gasteiger partial charge >= 0.3 is 11.9 Å². The van der Waals surface area contributed by atoms with Crippen molar-refractivity contribution in [3.8, 4) is 5.75 Å². The monoisotopic (exact) mass is 478 g/mol. The van der Waals surface area contributed by atoms with Crippen molar-refractivity contribution in [1.82, 2.24) is 0 Å². The van der Waals surface area contributed by atoms with Crippen LogP contribution in [-0.2, 0) is 20.7 Å². The number of ether oxygens (including phenoxy) is 2. The average molecular weight is 479 g/mol. The van der Waals surface area contributed by atoms with Crippen LogP contribution in [-0.4, -0.2) is 18.5 Å². The molecule has 1 saturated carbocycles. The highest BCUT2D eigenvalue weighted by molar-refractivity contribution is 5.87. The summed E-state index contributed by atoms with van der Waals surface area (Å²) in [6.45, 7) is 2.44. The van der Waals surface area contributed by atoms with Gasteiger partial charge in [-0.1, -0.05) is 44.7 Å². The lowest BCUT2D eigenvalue weighted by Crippen LogP contribution is -2.25. The molecule has 0 spiro atoms. The van der Waals surface area contributed by atoms with Crippen LogP contribution in [0.15, 0.2) is 48.5 Å². The Morgan fingerprint density at radius 2 is 1.74 bits per heavy atom. The Bertz CT molecular complexity index is 992. The van der Waals surface area contributed by atoms with Crippen LogP contribution in [0.4, 0.5) is 11.4 Å². The normalized spacial score (nSPS) is 17.9. The number of carbonyl (C=O) groups excluding carboxylic acids is 2. The van der Waals surface area contributed by atoms with Crippen LogP contribution in [0, 0.1) is 11.8 Å². The van der Waals surface area contributed by atoms with Gasteiger partial charge in [-0.3, -0.25) is 4.79 Å². The zero-order chi connectivity index (χ0) is 25.0.